The lowest BCUT2D eigenvalue weighted by Crippen LogP contribution is -1.87. The van der Waals surface area contributed by atoms with Crippen LogP contribution in [0.25, 0.3) is 0 Å². The maximum Gasteiger partial charge on any atom is 0.118 e. The van der Waals surface area contributed by atoms with Crippen molar-refractivity contribution in [1.82, 2.24) is 0 Å². The van der Waals surface area contributed by atoms with E-state index in [1.54, 1.807) is 12.1 Å². The average Bonchev–Trinajstić information content (AvgIpc) is 2.79. The summed E-state index contributed by atoms with van der Waals surface area (Å²) in [6, 6.07) is 15.3. The summed E-state index contributed by atoms with van der Waals surface area (Å²) >= 11 is 0. The van der Waals surface area contributed by atoms with Crippen LogP contribution in [0.15, 0.2) is 48.5 Å². The van der Waals surface area contributed by atoms with Gasteiger partial charge in [-0.1, -0.05) is 121 Å². The molecule has 0 heterocycles. The minimum absolute atomic E-state index is 0.389. The smallest absolute Gasteiger partial charge is 0.118 e. The Morgan fingerprint density at radius 1 is 0.531 bits per heavy atom. The van der Waals surface area contributed by atoms with E-state index in [2.05, 4.69) is 19.9 Å². The monoisotopic (exact) mass is 440 g/mol. The first-order valence-corrected chi connectivity index (χ1v) is 13.2. The van der Waals surface area contributed by atoms with E-state index in [4.69, 9.17) is 0 Å². The highest BCUT2D eigenvalue weighted by molar-refractivity contribution is 5.31. The number of aromatic hydroxyl groups is 2. The second-order valence-corrected chi connectivity index (χ2v) is 9.04. The van der Waals surface area contributed by atoms with Gasteiger partial charge >= 0.3 is 0 Å². The molecular formula is C30H48O2. The Morgan fingerprint density at radius 3 is 1.62 bits per heavy atom. The normalized spacial score (nSPS) is 10.6. The van der Waals surface area contributed by atoms with Gasteiger partial charge in [-0.05, 0) is 55.0 Å². The zero-order valence-corrected chi connectivity index (χ0v) is 20.8. The first-order chi connectivity index (χ1) is 15.7. The van der Waals surface area contributed by atoms with Gasteiger partial charge in [-0.15, -0.1) is 0 Å². The zero-order valence-electron chi connectivity index (χ0n) is 20.8. The molecule has 0 fully saturated rings. The molecule has 0 aliphatic heterocycles. The third kappa shape index (κ3) is 14.9. The van der Waals surface area contributed by atoms with Gasteiger partial charge in [0, 0.05) is 0 Å². The third-order valence-electron chi connectivity index (χ3n) is 6.02. The summed E-state index contributed by atoms with van der Waals surface area (Å²) < 4.78 is 0. The van der Waals surface area contributed by atoms with Crippen molar-refractivity contribution < 1.29 is 10.2 Å². The number of phenols is 2. The predicted octanol–water partition coefficient (Wildman–Crippen LogP) is 9.37. The summed E-state index contributed by atoms with van der Waals surface area (Å²) in [5.74, 6) is 0.842. The molecule has 0 radical (unpaired) electrons. The molecular weight excluding hydrogens is 392 g/mol. The second-order valence-electron chi connectivity index (χ2n) is 9.04. The quantitative estimate of drug-likeness (QED) is 0.255. The van der Waals surface area contributed by atoms with Crippen LogP contribution in [0.4, 0.5) is 0 Å². The SMILES string of the molecule is CCCCCCCCCc1cccc(O)c1.CCCCCCCCCc1ccccc1O. The Balaban J connectivity index is 0.000000320. The molecule has 2 rings (SSSR count). The Morgan fingerprint density at radius 2 is 1.06 bits per heavy atom. The molecule has 2 N–H and O–H groups in total. The van der Waals surface area contributed by atoms with Crippen LogP contribution in [0.2, 0.25) is 0 Å². The van der Waals surface area contributed by atoms with Crippen molar-refractivity contribution in [3.8, 4) is 11.5 Å². The van der Waals surface area contributed by atoms with Crippen LogP contribution < -0.4 is 0 Å². The minimum Gasteiger partial charge on any atom is -0.508 e. The lowest BCUT2D eigenvalue weighted by molar-refractivity contribution is 0.466. The molecule has 0 bridgehead atoms. The number of benzene rings is 2. The first-order valence-electron chi connectivity index (χ1n) is 13.2. The summed E-state index contributed by atoms with van der Waals surface area (Å²) in [5.41, 5.74) is 2.35. The molecule has 0 spiro atoms. The molecule has 0 amide bonds. The van der Waals surface area contributed by atoms with E-state index in [9.17, 15) is 10.2 Å². The lowest BCUT2D eigenvalue weighted by Gasteiger charge is -2.04. The molecule has 32 heavy (non-hydrogen) atoms. The Hall–Kier alpha value is -1.96. The summed E-state index contributed by atoms with van der Waals surface area (Å²) in [6.07, 6.45) is 20.8. The number of aryl methyl sites for hydroxylation is 2. The first kappa shape index (κ1) is 28.1. The van der Waals surface area contributed by atoms with Gasteiger partial charge in [-0.25, -0.2) is 0 Å². The van der Waals surface area contributed by atoms with E-state index in [0.717, 1.165) is 18.4 Å². The molecule has 0 atom stereocenters. The standard InChI is InChI=1S/2C15H24O/c1-2-3-4-5-6-7-8-11-14-12-9-10-13-15(14)16;1-2-3-4-5-6-7-8-10-14-11-9-12-15(16)13-14/h9-10,12-13,16H,2-8,11H2,1H3;9,11-13,16H,2-8,10H2,1H3. The van der Waals surface area contributed by atoms with Gasteiger partial charge < -0.3 is 10.2 Å². The molecule has 0 saturated carbocycles. The minimum atomic E-state index is 0.389. The van der Waals surface area contributed by atoms with Gasteiger partial charge in [-0.3, -0.25) is 0 Å². The fourth-order valence-electron chi connectivity index (χ4n) is 3.99. The fraction of sp³-hybridized carbons (Fsp3) is 0.600. The molecule has 0 aliphatic rings. The Bertz CT molecular complexity index is 680. The lowest BCUT2D eigenvalue weighted by atomic mass is 10.0. The predicted molar refractivity (Wildman–Crippen MR) is 140 cm³/mol. The van der Waals surface area contributed by atoms with Crippen molar-refractivity contribution in [3.05, 3.63) is 59.7 Å². The van der Waals surface area contributed by atoms with Crippen LogP contribution in [-0.2, 0) is 12.8 Å². The topological polar surface area (TPSA) is 40.5 Å². The molecule has 0 aliphatic carbocycles. The number of phenolic OH excluding ortho intramolecular Hbond substituents is 2. The fourth-order valence-corrected chi connectivity index (χ4v) is 3.99. The molecule has 2 aromatic rings. The summed E-state index contributed by atoms with van der Waals surface area (Å²) in [4.78, 5) is 0. The Labute approximate surface area is 198 Å². The van der Waals surface area contributed by atoms with Crippen molar-refractivity contribution in [2.24, 2.45) is 0 Å². The maximum absolute atomic E-state index is 9.58. The van der Waals surface area contributed by atoms with E-state index in [1.807, 2.05) is 30.3 Å². The number of hydrogen-bond donors (Lipinski definition) is 2. The van der Waals surface area contributed by atoms with Crippen LogP contribution >= 0.6 is 0 Å². The Kier molecular flexibility index (Phi) is 17.3. The molecule has 0 unspecified atom stereocenters. The van der Waals surface area contributed by atoms with Crippen molar-refractivity contribution in [2.45, 2.75) is 117 Å². The van der Waals surface area contributed by atoms with Crippen molar-refractivity contribution in [3.63, 3.8) is 0 Å². The van der Waals surface area contributed by atoms with E-state index in [1.165, 1.54) is 95.5 Å². The largest absolute Gasteiger partial charge is 0.508 e. The van der Waals surface area contributed by atoms with Crippen LogP contribution in [0.1, 0.15) is 115 Å². The van der Waals surface area contributed by atoms with Crippen LogP contribution in [0, 0.1) is 0 Å². The van der Waals surface area contributed by atoms with Gasteiger partial charge in [0.15, 0.2) is 0 Å². The van der Waals surface area contributed by atoms with Crippen LogP contribution in [-0.4, -0.2) is 10.2 Å². The number of para-hydroxylation sites is 1. The number of rotatable bonds is 16. The highest BCUT2D eigenvalue weighted by atomic mass is 16.3. The molecule has 0 aromatic heterocycles. The van der Waals surface area contributed by atoms with E-state index in [0.29, 0.717) is 11.5 Å². The maximum atomic E-state index is 9.58. The van der Waals surface area contributed by atoms with E-state index in [-0.39, 0.29) is 0 Å². The van der Waals surface area contributed by atoms with Gasteiger partial charge in [0.2, 0.25) is 0 Å². The van der Waals surface area contributed by atoms with Crippen molar-refractivity contribution >= 4 is 0 Å². The third-order valence-corrected chi connectivity index (χ3v) is 6.02. The molecule has 2 nitrogen and oxygen atoms in total. The van der Waals surface area contributed by atoms with Crippen LogP contribution in [0.5, 0.6) is 11.5 Å². The molecule has 180 valence electrons. The zero-order chi connectivity index (χ0) is 23.3. The second kappa shape index (κ2) is 19.7. The van der Waals surface area contributed by atoms with Gasteiger partial charge in [0.1, 0.15) is 11.5 Å². The molecule has 2 heteroatoms. The van der Waals surface area contributed by atoms with Gasteiger partial charge in [0.25, 0.3) is 0 Å². The highest BCUT2D eigenvalue weighted by Crippen LogP contribution is 2.19. The average molecular weight is 441 g/mol. The molecule has 2 aromatic carbocycles. The highest BCUT2D eigenvalue weighted by Gasteiger charge is 1.99. The van der Waals surface area contributed by atoms with E-state index >= 15 is 0 Å². The summed E-state index contributed by atoms with van der Waals surface area (Å²) in [6.45, 7) is 4.50. The van der Waals surface area contributed by atoms with Gasteiger partial charge in [-0.2, -0.15) is 0 Å². The van der Waals surface area contributed by atoms with Crippen LogP contribution in [0.3, 0.4) is 0 Å². The van der Waals surface area contributed by atoms with E-state index < -0.39 is 0 Å². The summed E-state index contributed by atoms with van der Waals surface area (Å²) in [7, 11) is 0. The van der Waals surface area contributed by atoms with Crippen molar-refractivity contribution in [2.75, 3.05) is 0 Å². The number of unbranched alkanes of at least 4 members (excludes halogenated alkanes) is 12. The number of hydrogen-bond acceptors (Lipinski definition) is 2. The summed E-state index contributed by atoms with van der Waals surface area (Å²) in [5, 5.41) is 18.9. The van der Waals surface area contributed by atoms with Crippen molar-refractivity contribution in [1.29, 1.82) is 0 Å². The molecule has 0 saturated heterocycles. The van der Waals surface area contributed by atoms with Gasteiger partial charge in [0.05, 0.1) is 0 Å².